The first-order valence-corrected chi connectivity index (χ1v) is 9.19. The molecule has 0 spiro atoms. The summed E-state index contributed by atoms with van der Waals surface area (Å²) in [5, 5.41) is 23.2. The van der Waals surface area contributed by atoms with Gasteiger partial charge in [-0.05, 0) is 32.4 Å². The van der Waals surface area contributed by atoms with Crippen LogP contribution in [0.1, 0.15) is 39.4 Å². The third-order valence-electron chi connectivity index (χ3n) is 3.78. The van der Waals surface area contributed by atoms with Gasteiger partial charge >= 0.3 is 5.88 Å². The molecule has 0 bridgehead atoms. The fraction of sp³-hybridized carbons (Fsp3) is 0.500. The molecular formula is C16H21N3O4S2. The van der Waals surface area contributed by atoms with Crippen molar-refractivity contribution >= 4 is 46.5 Å². The van der Waals surface area contributed by atoms with E-state index in [-0.39, 0.29) is 10.6 Å². The molecule has 136 valence electrons. The standard InChI is InChI=1S/C16H21N3O4S2/c1-4-5-10-17-14(16(2,3)25-15(17)24)18(20)11-6-7-12-8-9-13(23-12)19(21)22/h6-9,11,14H,4-5,10H2,1-3H3/b7-6+,18-11-/t14-/m1/s1. The van der Waals surface area contributed by atoms with E-state index >= 15 is 0 Å². The second-order valence-corrected chi connectivity index (χ2v) is 8.48. The summed E-state index contributed by atoms with van der Waals surface area (Å²) in [6.45, 7) is 6.84. The van der Waals surface area contributed by atoms with Crippen LogP contribution in [0.5, 0.6) is 0 Å². The number of thiocarbonyl (C=S) groups is 1. The lowest BCUT2D eigenvalue weighted by Crippen LogP contribution is -2.48. The van der Waals surface area contributed by atoms with Crippen molar-refractivity contribution in [2.45, 2.75) is 44.5 Å². The third-order valence-corrected chi connectivity index (χ3v) is 5.41. The molecule has 1 aromatic heterocycles. The molecule has 0 N–H and O–H groups in total. The van der Waals surface area contributed by atoms with Crippen molar-refractivity contribution in [2.24, 2.45) is 0 Å². The Balaban J connectivity index is 2.15. The molecule has 7 nitrogen and oxygen atoms in total. The summed E-state index contributed by atoms with van der Waals surface area (Å²) in [6.07, 6.45) is 6.03. The molecule has 1 aliphatic heterocycles. The molecule has 1 aliphatic rings. The van der Waals surface area contributed by atoms with Gasteiger partial charge in [-0.3, -0.25) is 15.0 Å². The van der Waals surface area contributed by atoms with Crippen LogP contribution in [0.2, 0.25) is 0 Å². The Bertz CT molecular complexity index is 712. The van der Waals surface area contributed by atoms with E-state index in [1.165, 1.54) is 42.3 Å². The van der Waals surface area contributed by atoms with Crippen molar-refractivity contribution in [1.82, 2.24) is 4.90 Å². The van der Waals surface area contributed by atoms with Gasteiger partial charge in [0.15, 0.2) is 6.21 Å². The monoisotopic (exact) mass is 383 g/mol. The van der Waals surface area contributed by atoms with Gasteiger partial charge in [-0.2, -0.15) is 4.74 Å². The number of nitrogens with zero attached hydrogens (tertiary/aromatic N) is 3. The maximum absolute atomic E-state index is 12.6. The maximum atomic E-state index is 12.6. The van der Waals surface area contributed by atoms with E-state index in [1.807, 2.05) is 18.7 Å². The van der Waals surface area contributed by atoms with Crippen LogP contribution in [-0.4, -0.2) is 42.6 Å². The molecule has 0 amide bonds. The molecule has 0 radical (unpaired) electrons. The normalized spacial score (nSPS) is 20.6. The number of thioether (sulfide) groups is 1. The molecular weight excluding hydrogens is 362 g/mol. The SMILES string of the molecule is CCCCN1C(=S)SC(C)(C)[C@H]1/[N+]([O-])=C/C=C/c1ccc([N+](=O)[O-])o1. The van der Waals surface area contributed by atoms with Gasteiger partial charge in [0.25, 0.3) is 6.17 Å². The van der Waals surface area contributed by atoms with Gasteiger partial charge in [0.2, 0.25) is 0 Å². The number of hydrogen-bond acceptors (Lipinski definition) is 6. The van der Waals surface area contributed by atoms with Crippen molar-refractivity contribution in [3.05, 3.63) is 39.3 Å². The quantitative estimate of drug-likeness (QED) is 0.175. The molecule has 25 heavy (non-hydrogen) atoms. The van der Waals surface area contributed by atoms with E-state index in [1.54, 1.807) is 0 Å². The fourth-order valence-electron chi connectivity index (χ4n) is 2.63. The van der Waals surface area contributed by atoms with Crippen LogP contribution in [0.25, 0.3) is 6.08 Å². The molecule has 0 aromatic carbocycles. The molecule has 0 saturated carbocycles. The van der Waals surface area contributed by atoms with Gasteiger partial charge in [0, 0.05) is 12.6 Å². The predicted octanol–water partition coefficient (Wildman–Crippen LogP) is 4.02. The number of unbranched alkanes of at least 4 members (excludes halogenated alkanes) is 1. The summed E-state index contributed by atoms with van der Waals surface area (Å²) in [4.78, 5) is 12.0. The molecule has 0 aliphatic carbocycles. The van der Waals surface area contributed by atoms with Crippen LogP contribution >= 0.6 is 24.0 Å². The van der Waals surface area contributed by atoms with E-state index in [0.29, 0.717) is 5.76 Å². The molecule has 2 heterocycles. The highest BCUT2D eigenvalue weighted by molar-refractivity contribution is 8.24. The van der Waals surface area contributed by atoms with Gasteiger partial charge in [-0.1, -0.05) is 37.3 Å². The third kappa shape index (κ3) is 4.60. The van der Waals surface area contributed by atoms with Crippen LogP contribution in [0.15, 0.2) is 22.6 Å². The summed E-state index contributed by atoms with van der Waals surface area (Å²) in [6, 6.07) is 2.76. The lowest BCUT2D eigenvalue weighted by molar-refractivity contribution is -0.523. The number of nitro groups is 1. The minimum absolute atomic E-state index is 0.315. The zero-order valence-electron chi connectivity index (χ0n) is 14.4. The highest BCUT2D eigenvalue weighted by Gasteiger charge is 2.49. The minimum Gasteiger partial charge on any atom is -0.622 e. The van der Waals surface area contributed by atoms with Gasteiger partial charge in [-0.15, -0.1) is 0 Å². The summed E-state index contributed by atoms with van der Waals surface area (Å²) >= 11 is 6.96. The zero-order valence-corrected chi connectivity index (χ0v) is 16.0. The average molecular weight is 383 g/mol. The first kappa shape index (κ1) is 19.5. The fourth-order valence-corrected chi connectivity index (χ4v) is 4.56. The Morgan fingerprint density at radius 1 is 1.44 bits per heavy atom. The van der Waals surface area contributed by atoms with Crippen molar-refractivity contribution < 1.29 is 14.1 Å². The van der Waals surface area contributed by atoms with Crippen molar-refractivity contribution in [3.63, 3.8) is 0 Å². The number of hydroxylamine groups is 1. The summed E-state index contributed by atoms with van der Waals surface area (Å²) in [7, 11) is 0. The van der Waals surface area contributed by atoms with Crippen molar-refractivity contribution in [3.8, 4) is 0 Å². The summed E-state index contributed by atoms with van der Waals surface area (Å²) in [5.41, 5.74) is 0. The lowest BCUT2D eigenvalue weighted by atomic mass is 10.1. The van der Waals surface area contributed by atoms with Gasteiger partial charge in [0.05, 0.1) is 6.07 Å². The predicted molar refractivity (Wildman–Crippen MR) is 104 cm³/mol. The van der Waals surface area contributed by atoms with Gasteiger partial charge in [-0.25, -0.2) is 0 Å². The maximum Gasteiger partial charge on any atom is 0.433 e. The second kappa shape index (κ2) is 8.01. The van der Waals surface area contributed by atoms with Gasteiger partial charge < -0.3 is 9.62 Å². The molecule has 1 saturated heterocycles. The van der Waals surface area contributed by atoms with Crippen molar-refractivity contribution in [2.75, 3.05) is 6.54 Å². The molecule has 9 heteroatoms. The minimum atomic E-state index is -0.605. The highest BCUT2D eigenvalue weighted by Crippen LogP contribution is 2.41. The first-order valence-electron chi connectivity index (χ1n) is 7.97. The van der Waals surface area contributed by atoms with E-state index < -0.39 is 11.1 Å². The molecule has 1 fully saturated rings. The van der Waals surface area contributed by atoms with Crippen molar-refractivity contribution in [1.29, 1.82) is 0 Å². The number of furan rings is 1. The van der Waals surface area contributed by atoms with E-state index in [0.717, 1.165) is 28.4 Å². The summed E-state index contributed by atoms with van der Waals surface area (Å²) in [5.74, 6) is -0.0159. The van der Waals surface area contributed by atoms with Crippen LogP contribution in [-0.2, 0) is 0 Å². The smallest absolute Gasteiger partial charge is 0.433 e. The molecule has 2 rings (SSSR count). The van der Waals surface area contributed by atoms with Crippen LogP contribution in [0.4, 0.5) is 5.88 Å². The number of allylic oxidation sites excluding steroid dienone is 1. The Morgan fingerprint density at radius 3 is 2.76 bits per heavy atom. The van der Waals surface area contributed by atoms with Crippen LogP contribution < -0.4 is 0 Å². The largest absolute Gasteiger partial charge is 0.622 e. The van der Waals surface area contributed by atoms with Gasteiger partial charge in [0.1, 0.15) is 19.8 Å². The number of hydrogen-bond donors (Lipinski definition) is 0. The lowest BCUT2D eigenvalue weighted by Gasteiger charge is -2.29. The Labute approximate surface area is 156 Å². The Hall–Kier alpha value is -1.87. The van der Waals surface area contributed by atoms with E-state index in [9.17, 15) is 15.3 Å². The van der Waals surface area contributed by atoms with Crippen LogP contribution in [0.3, 0.4) is 0 Å². The second-order valence-electron chi connectivity index (χ2n) is 6.19. The molecule has 1 atom stereocenters. The van der Waals surface area contributed by atoms with E-state index in [4.69, 9.17) is 16.6 Å². The first-order chi connectivity index (χ1) is 11.8. The highest BCUT2D eigenvalue weighted by atomic mass is 32.2. The number of rotatable bonds is 7. The zero-order chi connectivity index (χ0) is 18.6. The molecule has 0 unspecified atom stereocenters. The Kier molecular flexibility index (Phi) is 6.23. The topological polar surface area (TPSA) is 85.6 Å². The summed E-state index contributed by atoms with van der Waals surface area (Å²) < 4.78 is 6.31. The average Bonchev–Trinajstić information content (AvgIpc) is 3.07. The van der Waals surface area contributed by atoms with E-state index in [2.05, 4.69) is 6.92 Å². The van der Waals surface area contributed by atoms with Crippen LogP contribution in [0, 0.1) is 15.3 Å². The molecule has 1 aromatic rings. The Morgan fingerprint density at radius 2 is 2.16 bits per heavy atom.